The minimum absolute atomic E-state index is 0.00506. The van der Waals surface area contributed by atoms with Gasteiger partial charge in [0.15, 0.2) is 11.6 Å². The van der Waals surface area contributed by atoms with Crippen LogP contribution < -0.4 is 10.6 Å². The van der Waals surface area contributed by atoms with E-state index in [1.54, 1.807) is 12.1 Å². The fourth-order valence-electron chi connectivity index (χ4n) is 2.96. The van der Waals surface area contributed by atoms with Crippen LogP contribution in [0.3, 0.4) is 0 Å². The van der Waals surface area contributed by atoms with Crippen LogP contribution in [0.5, 0.6) is 5.75 Å². The maximum Gasteiger partial charge on any atom is 0.230 e. The van der Waals surface area contributed by atoms with Crippen molar-refractivity contribution in [2.45, 2.75) is 38.3 Å². The van der Waals surface area contributed by atoms with Crippen molar-refractivity contribution in [1.82, 2.24) is 10.3 Å². The van der Waals surface area contributed by atoms with E-state index in [0.29, 0.717) is 12.1 Å². The van der Waals surface area contributed by atoms with Crippen LogP contribution in [0.25, 0.3) is 0 Å². The third-order valence-corrected chi connectivity index (χ3v) is 3.89. The van der Waals surface area contributed by atoms with Gasteiger partial charge in [0.25, 0.3) is 0 Å². The Kier molecular flexibility index (Phi) is 2.70. The van der Waals surface area contributed by atoms with Gasteiger partial charge in [-0.15, -0.1) is 0 Å². The standard InChI is InChI=1S/C13H17N3O2/c1-7-2-5-11(17)12(14-7)16-13(18)9-6-8-3-4-10(9)15-8/h2,5,8-10,15,17H,3-4,6H2,1H3,(H,14,16,18). The van der Waals surface area contributed by atoms with Crippen LogP contribution >= 0.6 is 0 Å². The highest BCUT2D eigenvalue weighted by Crippen LogP contribution is 2.34. The molecule has 1 aromatic heterocycles. The Hall–Kier alpha value is -1.62. The predicted octanol–water partition coefficient (Wildman–Crippen LogP) is 1.17. The van der Waals surface area contributed by atoms with Gasteiger partial charge in [-0.2, -0.15) is 0 Å². The highest BCUT2D eigenvalue weighted by atomic mass is 16.3. The number of aryl methyl sites for hydroxylation is 1. The number of fused-ring (bicyclic) bond motifs is 2. The second kappa shape index (κ2) is 4.24. The minimum atomic E-state index is -0.0388. The maximum absolute atomic E-state index is 12.2. The van der Waals surface area contributed by atoms with Crippen molar-refractivity contribution in [3.8, 4) is 5.75 Å². The lowest BCUT2D eigenvalue weighted by atomic mass is 9.88. The molecule has 96 valence electrons. The number of aromatic hydroxyl groups is 1. The first-order chi connectivity index (χ1) is 8.63. The molecule has 5 heteroatoms. The Balaban J connectivity index is 1.72. The number of aromatic nitrogens is 1. The average molecular weight is 247 g/mol. The fraction of sp³-hybridized carbons (Fsp3) is 0.538. The molecule has 3 unspecified atom stereocenters. The first-order valence-corrected chi connectivity index (χ1v) is 6.37. The van der Waals surface area contributed by atoms with Gasteiger partial charge in [-0.25, -0.2) is 4.98 Å². The molecule has 2 bridgehead atoms. The molecule has 0 aromatic carbocycles. The summed E-state index contributed by atoms with van der Waals surface area (Å²) < 4.78 is 0. The summed E-state index contributed by atoms with van der Waals surface area (Å²) in [5.41, 5.74) is 0.772. The summed E-state index contributed by atoms with van der Waals surface area (Å²) in [5.74, 6) is 0.251. The smallest absolute Gasteiger partial charge is 0.230 e. The van der Waals surface area contributed by atoms with Gasteiger partial charge < -0.3 is 15.7 Å². The van der Waals surface area contributed by atoms with E-state index in [1.165, 1.54) is 6.42 Å². The van der Waals surface area contributed by atoms with Gasteiger partial charge in [-0.3, -0.25) is 4.79 Å². The zero-order valence-corrected chi connectivity index (χ0v) is 10.3. The van der Waals surface area contributed by atoms with E-state index in [9.17, 15) is 9.90 Å². The van der Waals surface area contributed by atoms with Crippen molar-refractivity contribution in [3.63, 3.8) is 0 Å². The largest absolute Gasteiger partial charge is 0.504 e. The lowest BCUT2D eigenvalue weighted by Crippen LogP contribution is -2.33. The number of hydrogen-bond donors (Lipinski definition) is 3. The molecule has 0 saturated carbocycles. The number of hydrogen-bond acceptors (Lipinski definition) is 4. The fourth-order valence-corrected chi connectivity index (χ4v) is 2.96. The number of nitrogens with zero attached hydrogens (tertiary/aromatic N) is 1. The Bertz CT molecular complexity index is 489. The third kappa shape index (κ3) is 1.95. The van der Waals surface area contributed by atoms with Crippen LogP contribution in [0.15, 0.2) is 12.1 Å². The summed E-state index contributed by atoms with van der Waals surface area (Å²) >= 11 is 0. The van der Waals surface area contributed by atoms with Crippen molar-refractivity contribution in [1.29, 1.82) is 0 Å². The molecule has 1 amide bonds. The van der Waals surface area contributed by atoms with E-state index in [1.807, 2.05) is 6.92 Å². The topological polar surface area (TPSA) is 74.2 Å². The quantitative estimate of drug-likeness (QED) is 0.733. The lowest BCUT2D eigenvalue weighted by Gasteiger charge is -2.19. The van der Waals surface area contributed by atoms with Gasteiger partial charge in [0.05, 0.1) is 5.92 Å². The molecule has 3 rings (SSSR count). The lowest BCUT2D eigenvalue weighted by molar-refractivity contribution is -0.120. The van der Waals surface area contributed by atoms with E-state index in [2.05, 4.69) is 15.6 Å². The number of pyridine rings is 1. The van der Waals surface area contributed by atoms with Crippen molar-refractivity contribution in [2.24, 2.45) is 5.92 Å². The zero-order valence-electron chi connectivity index (χ0n) is 10.3. The Morgan fingerprint density at radius 1 is 1.50 bits per heavy atom. The van der Waals surface area contributed by atoms with Crippen LogP contribution in [0.2, 0.25) is 0 Å². The molecule has 3 heterocycles. The molecular formula is C13H17N3O2. The molecule has 3 N–H and O–H groups in total. The molecule has 0 radical (unpaired) electrons. The minimum Gasteiger partial charge on any atom is -0.504 e. The Labute approximate surface area is 106 Å². The first-order valence-electron chi connectivity index (χ1n) is 6.37. The van der Waals surface area contributed by atoms with E-state index in [-0.39, 0.29) is 23.4 Å². The van der Waals surface area contributed by atoms with Crippen LogP contribution in [0.4, 0.5) is 5.82 Å². The molecule has 5 nitrogen and oxygen atoms in total. The maximum atomic E-state index is 12.2. The van der Waals surface area contributed by atoms with Gasteiger partial charge in [0.1, 0.15) is 0 Å². The number of carbonyl (C=O) groups excluding carboxylic acids is 1. The van der Waals surface area contributed by atoms with Crippen LogP contribution in [-0.4, -0.2) is 28.1 Å². The normalized spacial score (nSPS) is 29.5. The van der Waals surface area contributed by atoms with Gasteiger partial charge >= 0.3 is 0 Å². The first kappa shape index (κ1) is 11.5. The molecule has 0 aliphatic carbocycles. The van der Waals surface area contributed by atoms with Crippen molar-refractivity contribution < 1.29 is 9.90 Å². The van der Waals surface area contributed by atoms with Crippen molar-refractivity contribution >= 4 is 11.7 Å². The molecule has 1 aromatic rings. The molecule has 2 fully saturated rings. The predicted molar refractivity (Wildman–Crippen MR) is 67.3 cm³/mol. The summed E-state index contributed by atoms with van der Waals surface area (Å²) in [6, 6.07) is 4.05. The highest BCUT2D eigenvalue weighted by molar-refractivity contribution is 5.93. The number of amides is 1. The van der Waals surface area contributed by atoms with E-state index in [0.717, 1.165) is 18.5 Å². The number of nitrogens with one attached hydrogen (secondary N) is 2. The van der Waals surface area contributed by atoms with Crippen LogP contribution in [0, 0.1) is 12.8 Å². The summed E-state index contributed by atoms with van der Waals surface area (Å²) in [6.45, 7) is 1.83. The molecule has 2 aliphatic heterocycles. The average Bonchev–Trinajstić information content (AvgIpc) is 2.96. The van der Waals surface area contributed by atoms with Crippen LogP contribution in [0.1, 0.15) is 25.0 Å². The van der Waals surface area contributed by atoms with Gasteiger partial charge in [-0.1, -0.05) is 0 Å². The summed E-state index contributed by atoms with van der Waals surface area (Å²) in [6.07, 6.45) is 3.13. The van der Waals surface area contributed by atoms with E-state index < -0.39 is 0 Å². The van der Waals surface area contributed by atoms with E-state index in [4.69, 9.17) is 0 Å². The third-order valence-electron chi connectivity index (χ3n) is 3.89. The molecule has 2 saturated heterocycles. The number of rotatable bonds is 2. The highest BCUT2D eigenvalue weighted by Gasteiger charge is 2.42. The second-order valence-corrected chi connectivity index (χ2v) is 5.20. The van der Waals surface area contributed by atoms with Gasteiger partial charge in [-0.05, 0) is 38.3 Å². The zero-order chi connectivity index (χ0) is 12.7. The summed E-state index contributed by atoms with van der Waals surface area (Å²) in [5, 5.41) is 15.8. The number of anilines is 1. The molecular weight excluding hydrogens is 230 g/mol. The van der Waals surface area contributed by atoms with E-state index >= 15 is 0 Å². The monoisotopic (exact) mass is 247 g/mol. The summed E-state index contributed by atoms with van der Waals surface area (Å²) in [7, 11) is 0. The molecule has 18 heavy (non-hydrogen) atoms. The van der Waals surface area contributed by atoms with Gasteiger partial charge in [0.2, 0.25) is 5.91 Å². The Morgan fingerprint density at radius 2 is 2.33 bits per heavy atom. The van der Waals surface area contributed by atoms with Crippen molar-refractivity contribution in [3.05, 3.63) is 17.8 Å². The molecule has 3 atom stereocenters. The molecule has 0 spiro atoms. The second-order valence-electron chi connectivity index (χ2n) is 5.20. The van der Waals surface area contributed by atoms with Gasteiger partial charge in [0, 0.05) is 17.8 Å². The number of carbonyl (C=O) groups is 1. The van der Waals surface area contributed by atoms with Crippen LogP contribution in [-0.2, 0) is 4.79 Å². The molecule has 2 aliphatic rings. The summed E-state index contributed by atoms with van der Waals surface area (Å²) in [4.78, 5) is 16.3. The van der Waals surface area contributed by atoms with Crippen molar-refractivity contribution in [2.75, 3.05) is 5.32 Å². The Morgan fingerprint density at radius 3 is 3.00 bits per heavy atom. The SMILES string of the molecule is Cc1ccc(O)c(NC(=O)C2CC3CCC2N3)n1.